The fraction of sp³-hybridized carbons (Fsp3) is 0.917. The Bertz CT molecular complexity index is 271. The lowest BCUT2D eigenvalue weighted by Gasteiger charge is -2.43. The van der Waals surface area contributed by atoms with Gasteiger partial charge >= 0.3 is 0 Å². The molecule has 1 saturated heterocycles. The van der Waals surface area contributed by atoms with Gasteiger partial charge in [0.15, 0.2) is 5.79 Å². The second-order valence-electron chi connectivity index (χ2n) is 5.56. The van der Waals surface area contributed by atoms with Crippen molar-refractivity contribution in [2.24, 2.45) is 5.41 Å². The zero-order valence-electron chi connectivity index (χ0n) is 11.2. The van der Waals surface area contributed by atoms with E-state index in [0.29, 0.717) is 6.61 Å². The molecule has 1 amide bonds. The number of hydrogen-bond donors (Lipinski definition) is 0. The largest absolute Gasteiger partial charge is 0.350 e. The fourth-order valence-corrected chi connectivity index (χ4v) is 2.07. The van der Waals surface area contributed by atoms with E-state index in [4.69, 9.17) is 9.47 Å². The lowest BCUT2D eigenvalue weighted by molar-refractivity contribution is -0.289. The number of carbonyl (C=O) groups excluding carboxylic acids is 1. The molecule has 1 aliphatic heterocycles. The maximum absolute atomic E-state index is 12.1. The predicted molar refractivity (Wildman–Crippen MR) is 62.0 cm³/mol. The first-order valence-corrected chi connectivity index (χ1v) is 5.70. The number of nitrogens with zero attached hydrogens (tertiary/aromatic N) is 1. The first-order valence-electron chi connectivity index (χ1n) is 5.70. The van der Waals surface area contributed by atoms with Crippen molar-refractivity contribution in [2.45, 2.75) is 46.0 Å². The zero-order chi connectivity index (χ0) is 12.6. The second kappa shape index (κ2) is 4.34. The monoisotopic (exact) mass is 229 g/mol. The van der Waals surface area contributed by atoms with Gasteiger partial charge in [-0.3, -0.25) is 4.79 Å². The number of hydrogen-bond acceptors (Lipinski definition) is 3. The van der Waals surface area contributed by atoms with Gasteiger partial charge in [0.1, 0.15) is 0 Å². The third-order valence-electron chi connectivity index (χ3n) is 3.02. The van der Waals surface area contributed by atoms with Gasteiger partial charge in [0.05, 0.1) is 18.1 Å². The van der Waals surface area contributed by atoms with E-state index in [-0.39, 0.29) is 12.0 Å². The van der Waals surface area contributed by atoms with Crippen LogP contribution in [0.3, 0.4) is 0 Å². The first kappa shape index (κ1) is 13.5. The molecule has 4 nitrogen and oxygen atoms in total. The molecular weight excluding hydrogens is 206 g/mol. The van der Waals surface area contributed by atoms with Crippen molar-refractivity contribution in [3.8, 4) is 0 Å². The molecule has 0 N–H and O–H groups in total. The molecule has 1 fully saturated rings. The average molecular weight is 229 g/mol. The Morgan fingerprint density at radius 1 is 1.38 bits per heavy atom. The fourth-order valence-electron chi connectivity index (χ4n) is 2.07. The lowest BCUT2D eigenvalue weighted by atomic mass is 9.82. The Kier molecular flexibility index (Phi) is 3.65. The highest BCUT2D eigenvalue weighted by Crippen LogP contribution is 2.34. The highest BCUT2D eigenvalue weighted by atomic mass is 16.7. The van der Waals surface area contributed by atoms with Crippen LogP contribution in [-0.4, -0.2) is 43.4 Å². The summed E-state index contributed by atoms with van der Waals surface area (Å²) in [5.74, 6) is -0.498. The summed E-state index contributed by atoms with van der Waals surface area (Å²) in [6.45, 7) is 8.27. The topological polar surface area (TPSA) is 38.8 Å². The van der Waals surface area contributed by atoms with E-state index < -0.39 is 11.2 Å². The Balaban J connectivity index is 2.79. The third kappa shape index (κ3) is 2.74. The molecule has 1 heterocycles. The number of ether oxygens (including phenoxy) is 2. The average Bonchev–Trinajstić information content (AvgIpc) is 2.14. The SMILES string of the molecule is CN(C)C(=O)C(C)(C)[C@@H]1CCOC(C)(C)O1. The Morgan fingerprint density at radius 3 is 2.38 bits per heavy atom. The van der Waals surface area contributed by atoms with Crippen LogP contribution in [-0.2, 0) is 14.3 Å². The van der Waals surface area contributed by atoms with Gasteiger partial charge in [-0.2, -0.15) is 0 Å². The summed E-state index contributed by atoms with van der Waals surface area (Å²) in [6.07, 6.45) is 0.668. The summed E-state index contributed by atoms with van der Waals surface area (Å²) in [5.41, 5.74) is -0.509. The molecule has 0 aromatic rings. The maximum atomic E-state index is 12.1. The smallest absolute Gasteiger partial charge is 0.230 e. The molecular formula is C12H23NO3. The first-order chi connectivity index (χ1) is 7.17. The molecule has 1 rings (SSSR count). The van der Waals surface area contributed by atoms with Crippen LogP contribution in [0.15, 0.2) is 0 Å². The van der Waals surface area contributed by atoms with E-state index in [1.54, 1.807) is 19.0 Å². The molecule has 0 radical (unpaired) electrons. The van der Waals surface area contributed by atoms with Crippen molar-refractivity contribution < 1.29 is 14.3 Å². The van der Waals surface area contributed by atoms with Gasteiger partial charge in [-0.1, -0.05) is 0 Å². The van der Waals surface area contributed by atoms with Crippen LogP contribution in [0.4, 0.5) is 0 Å². The summed E-state index contributed by atoms with van der Waals surface area (Å²) < 4.78 is 11.3. The summed E-state index contributed by atoms with van der Waals surface area (Å²) in [5, 5.41) is 0. The van der Waals surface area contributed by atoms with Crippen LogP contribution in [0.2, 0.25) is 0 Å². The van der Waals surface area contributed by atoms with Crippen LogP contribution in [0, 0.1) is 5.41 Å². The Hall–Kier alpha value is -0.610. The predicted octanol–water partition coefficient (Wildman–Crippen LogP) is 1.64. The molecule has 0 unspecified atom stereocenters. The van der Waals surface area contributed by atoms with Gasteiger partial charge in [-0.05, 0) is 34.1 Å². The molecule has 4 heteroatoms. The van der Waals surface area contributed by atoms with Gasteiger partial charge < -0.3 is 14.4 Å². The van der Waals surface area contributed by atoms with Crippen molar-refractivity contribution in [3.05, 3.63) is 0 Å². The van der Waals surface area contributed by atoms with Gasteiger partial charge in [-0.25, -0.2) is 0 Å². The van der Waals surface area contributed by atoms with E-state index in [2.05, 4.69) is 0 Å². The summed E-state index contributed by atoms with van der Waals surface area (Å²) in [7, 11) is 3.54. The molecule has 0 saturated carbocycles. The standard InChI is InChI=1S/C12H23NO3/c1-11(2,10(14)13(5)6)9-7-8-15-12(3,4)16-9/h9H,7-8H2,1-6H3/t9-/m0/s1. The minimum absolute atomic E-state index is 0.0915. The number of rotatable bonds is 2. The lowest BCUT2D eigenvalue weighted by Crippen LogP contribution is -2.51. The molecule has 0 aliphatic carbocycles. The van der Waals surface area contributed by atoms with E-state index in [1.165, 1.54) is 0 Å². The molecule has 0 aromatic carbocycles. The molecule has 1 atom stereocenters. The van der Waals surface area contributed by atoms with Crippen LogP contribution in [0.1, 0.15) is 34.1 Å². The number of amides is 1. The van der Waals surface area contributed by atoms with E-state index in [0.717, 1.165) is 6.42 Å². The highest BCUT2D eigenvalue weighted by molar-refractivity contribution is 5.82. The summed E-state index contributed by atoms with van der Waals surface area (Å²) in [6, 6.07) is 0. The molecule has 94 valence electrons. The number of carbonyl (C=O) groups is 1. The van der Waals surface area contributed by atoms with Gasteiger partial charge in [0.25, 0.3) is 0 Å². The van der Waals surface area contributed by atoms with Crippen LogP contribution < -0.4 is 0 Å². The molecule has 16 heavy (non-hydrogen) atoms. The zero-order valence-corrected chi connectivity index (χ0v) is 11.2. The van der Waals surface area contributed by atoms with E-state index in [9.17, 15) is 4.79 Å². The molecule has 1 aliphatic rings. The van der Waals surface area contributed by atoms with E-state index in [1.807, 2.05) is 27.7 Å². The maximum Gasteiger partial charge on any atom is 0.230 e. The normalized spacial score (nSPS) is 25.2. The highest BCUT2D eigenvalue weighted by Gasteiger charge is 2.43. The quantitative estimate of drug-likeness (QED) is 0.722. The van der Waals surface area contributed by atoms with Crippen LogP contribution >= 0.6 is 0 Å². The minimum Gasteiger partial charge on any atom is -0.350 e. The third-order valence-corrected chi connectivity index (χ3v) is 3.02. The van der Waals surface area contributed by atoms with Crippen LogP contribution in [0.5, 0.6) is 0 Å². The van der Waals surface area contributed by atoms with Crippen molar-refractivity contribution in [3.63, 3.8) is 0 Å². The Labute approximate surface area is 97.9 Å². The molecule has 0 aromatic heterocycles. The van der Waals surface area contributed by atoms with Gasteiger partial charge in [0, 0.05) is 14.1 Å². The summed E-state index contributed by atoms with van der Waals surface area (Å²) in [4.78, 5) is 13.7. The molecule has 0 bridgehead atoms. The van der Waals surface area contributed by atoms with Gasteiger partial charge in [-0.15, -0.1) is 0 Å². The minimum atomic E-state index is -0.590. The van der Waals surface area contributed by atoms with Crippen molar-refractivity contribution in [2.75, 3.05) is 20.7 Å². The van der Waals surface area contributed by atoms with Crippen molar-refractivity contribution in [1.29, 1.82) is 0 Å². The second-order valence-corrected chi connectivity index (χ2v) is 5.56. The van der Waals surface area contributed by atoms with Crippen molar-refractivity contribution in [1.82, 2.24) is 4.90 Å². The Morgan fingerprint density at radius 2 is 1.94 bits per heavy atom. The van der Waals surface area contributed by atoms with Gasteiger partial charge in [0.2, 0.25) is 5.91 Å². The summed E-state index contributed by atoms with van der Waals surface area (Å²) >= 11 is 0. The van der Waals surface area contributed by atoms with Crippen molar-refractivity contribution >= 4 is 5.91 Å². The van der Waals surface area contributed by atoms with E-state index >= 15 is 0 Å². The van der Waals surface area contributed by atoms with Crippen LogP contribution in [0.25, 0.3) is 0 Å². The molecule has 0 spiro atoms.